The largest absolute Gasteiger partial charge is 0.486 e. The van der Waals surface area contributed by atoms with Crippen LogP contribution in [0.1, 0.15) is 36.5 Å². The zero-order chi connectivity index (χ0) is 17.2. The van der Waals surface area contributed by atoms with Gasteiger partial charge in [-0.25, -0.2) is 9.67 Å². The second-order valence-corrected chi connectivity index (χ2v) is 6.99. The standard InChI is InChI=1S/C19H26N4O2/c1-14-20-15(2)23(21-14)13-17-5-3-4-8-22(17)12-16-6-7-18-19(11-16)25-10-9-24-18/h6-7,11,17H,3-5,8-10,12-13H2,1-2H3. The summed E-state index contributed by atoms with van der Waals surface area (Å²) < 4.78 is 13.4. The maximum Gasteiger partial charge on any atom is 0.161 e. The molecule has 2 aromatic rings. The van der Waals surface area contributed by atoms with Gasteiger partial charge in [-0.05, 0) is 50.9 Å². The molecule has 0 bridgehead atoms. The van der Waals surface area contributed by atoms with Gasteiger partial charge in [0.25, 0.3) is 0 Å². The molecule has 2 aliphatic heterocycles. The van der Waals surface area contributed by atoms with Crippen LogP contribution in [0.2, 0.25) is 0 Å². The number of aromatic nitrogens is 3. The van der Waals surface area contributed by atoms with Gasteiger partial charge in [-0.15, -0.1) is 0 Å². The van der Waals surface area contributed by atoms with Crippen molar-refractivity contribution in [2.24, 2.45) is 0 Å². The van der Waals surface area contributed by atoms with Crippen LogP contribution in [-0.2, 0) is 13.1 Å². The smallest absolute Gasteiger partial charge is 0.161 e. The Morgan fingerprint density at radius 2 is 1.96 bits per heavy atom. The number of hydrogen-bond acceptors (Lipinski definition) is 5. The van der Waals surface area contributed by atoms with Crippen LogP contribution in [0.5, 0.6) is 11.5 Å². The van der Waals surface area contributed by atoms with Crippen LogP contribution in [0.15, 0.2) is 18.2 Å². The van der Waals surface area contributed by atoms with E-state index < -0.39 is 0 Å². The van der Waals surface area contributed by atoms with Gasteiger partial charge in [-0.3, -0.25) is 4.90 Å². The fraction of sp³-hybridized carbons (Fsp3) is 0.579. The normalized spacial score (nSPS) is 20.6. The predicted octanol–water partition coefficient (Wildman–Crippen LogP) is 2.72. The second kappa shape index (κ2) is 7.04. The summed E-state index contributed by atoms with van der Waals surface area (Å²) in [5, 5.41) is 4.55. The van der Waals surface area contributed by atoms with Crippen molar-refractivity contribution in [1.29, 1.82) is 0 Å². The molecule has 1 atom stereocenters. The van der Waals surface area contributed by atoms with Crippen LogP contribution >= 0.6 is 0 Å². The minimum absolute atomic E-state index is 0.502. The van der Waals surface area contributed by atoms with E-state index in [2.05, 4.69) is 31.8 Å². The molecule has 6 heteroatoms. The summed E-state index contributed by atoms with van der Waals surface area (Å²) in [5.41, 5.74) is 1.28. The van der Waals surface area contributed by atoms with Gasteiger partial charge in [0.1, 0.15) is 24.9 Å². The van der Waals surface area contributed by atoms with Crippen molar-refractivity contribution >= 4 is 0 Å². The number of piperidine rings is 1. The van der Waals surface area contributed by atoms with Gasteiger partial charge in [0.2, 0.25) is 0 Å². The molecule has 1 saturated heterocycles. The molecule has 1 unspecified atom stereocenters. The van der Waals surface area contributed by atoms with Crippen LogP contribution in [0.25, 0.3) is 0 Å². The van der Waals surface area contributed by atoms with E-state index in [9.17, 15) is 0 Å². The second-order valence-electron chi connectivity index (χ2n) is 6.99. The van der Waals surface area contributed by atoms with E-state index in [1.54, 1.807) is 0 Å². The van der Waals surface area contributed by atoms with Crippen molar-refractivity contribution in [3.8, 4) is 11.5 Å². The van der Waals surface area contributed by atoms with Gasteiger partial charge >= 0.3 is 0 Å². The lowest BCUT2D eigenvalue weighted by atomic mass is 10.0. The van der Waals surface area contributed by atoms with Crippen LogP contribution < -0.4 is 9.47 Å². The fourth-order valence-corrected chi connectivity index (χ4v) is 3.83. The number of aryl methyl sites for hydroxylation is 2. The van der Waals surface area contributed by atoms with E-state index in [0.717, 1.165) is 42.8 Å². The average molecular weight is 342 g/mol. The zero-order valence-corrected chi connectivity index (χ0v) is 15.1. The first-order chi connectivity index (χ1) is 12.2. The Morgan fingerprint density at radius 1 is 1.12 bits per heavy atom. The number of rotatable bonds is 4. The molecule has 1 fully saturated rings. The first-order valence-electron chi connectivity index (χ1n) is 9.19. The van der Waals surface area contributed by atoms with Crippen molar-refractivity contribution in [1.82, 2.24) is 19.7 Å². The molecule has 134 valence electrons. The Morgan fingerprint density at radius 3 is 2.76 bits per heavy atom. The van der Waals surface area contributed by atoms with E-state index in [-0.39, 0.29) is 0 Å². The summed E-state index contributed by atoms with van der Waals surface area (Å²) in [6, 6.07) is 6.82. The van der Waals surface area contributed by atoms with Crippen LogP contribution in [0.3, 0.4) is 0 Å². The van der Waals surface area contributed by atoms with Crippen LogP contribution in [0.4, 0.5) is 0 Å². The molecular formula is C19H26N4O2. The van der Waals surface area contributed by atoms with Gasteiger partial charge in [0, 0.05) is 12.6 Å². The van der Waals surface area contributed by atoms with E-state index in [0.29, 0.717) is 19.3 Å². The maximum absolute atomic E-state index is 5.73. The molecule has 0 amide bonds. The van der Waals surface area contributed by atoms with E-state index in [1.165, 1.54) is 24.8 Å². The highest BCUT2D eigenvalue weighted by Crippen LogP contribution is 2.32. The SMILES string of the molecule is Cc1nc(C)n(CC2CCCCN2Cc2ccc3c(c2)OCCO3)n1. The highest BCUT2D eigenvalue weighted by Gasteiger charge is 2.24. The first kappa shape index (κ1) is 16.4. The Kier molecular flexibility index (Phi) is 4.61. The molecule has 6 nitrogen and oxygen atoms in total. The van der Waals surface area contributed by atoms with Crippen molar-refractivity contribution in [2.75, 3.05) is 19.8 Å². The molecule has 1 aromatic carbocycles. The fourth-order valence-electron chi connectivity index (χ4n) is 3.83. The minimum Gasteiger partial charge on any atom is -0.486 e. The van der Waals surface area contributed by atoms with Crippen LogP contribution in [0, 0.1) is 13.8 Å². The molecule has 0 spiro atoms. The van der Waals surface area contributed by atoms with Gasteiger partial charge in [0.05, 0.1) is 6.54 Å². The molecule has 1 aromatic heterocycles. The zero-order valence-electron chi connectivity index (χ0n) is 15.1. The topological polar surface area (TPSA) is 52.4 Å². The average Bonchev–Trinajstić information content (AvgIpc) is 2.94. The van der Waals surface area contributed by atoms with E-state index >= 15 is 0 Å². The predicted molar refractivity (Wildman–Crippen MR) is 95.0 cm³/mol. The molecule has 0 saturated carbocycles. The quantitative estimate of drug-likeness (QED) is 0.855. The van der Waals surface area contributed by atoms with Gasteiger partial charge in [0.15, 0.2) is 11.5 Å². The molecule has 0 aliphatic carbocycles. The summed E-state index contributed by atoms with van der Waals surface area (Å²) in [7, 11) is 0. The summed E-state index contributed by atoms with van der Waals surface area (Å²) in [5.74, 6) is 3.59. The van der Waals surface area contributed by atoms with Crippen molar-refractivity contribution in [2.45, 2.75) is 52.2 Å². The lowest BCUT2D eigenvalue weighted by Crippen LogP contribution is -2.41. The third-order valence-corrected chi connectivity index (χ3v) is 5.09. The Labute approximate surface area is 148 Å². The van der Waals surface area contributed by atoms with Crippen molar-refractivity contribution in [3.05, 3.63) is 35.4 Å². The first-order valence-corrected chi connectivity index (χ1v) is 9.19. The van der Waals surface area contributed by atoms with E-state index in [4.69, 9.17) is 9.47 Å². The summed E-state index contributed by atoms with van der Waals surface area (Å²) >= 11 is 0. The lowest BCUT2D eigenvalue weighted by molar-refractivity contribution is 0.120. The Hall–Kier alpha value is -2.08. The summed E-state index contributed by atoms with van der Waals surface area (Å²) in [6.07, 6.45) is 3.76. The highest BCUT2D eigenvalue weighted by molar-refractivity contribution is 5.43. The van der Waals surface area contributed by atoms with Gasteiger partial charge < -0.3 is 9.47 Å². The monoisotopic (exact) mass is 342 g/mol. The molecule has 0 N–H and O–H groups in total. The van der Waals surface area contributed by atoms with Gasteiger partial charge in [-0.1, -0.05) is 12.5 Å². The number of nitrogens with zero attached hydrogens (tertiary/aromatic N) is 4. The molecule has 4 rings (SSSR count). The van der Waals surface area contributed by atoms with Gasteiger partial charge in [-0.2, -0.15) is 5.10 Å². The van der Waals surface area contributed by atoms with Crippen molar-refractivity contribution in [3.63, 3.8) is 0 Å². The summed E-state index contributed by atoms with van der Waals surface area (Å²) in [4.78, 5) is 7.01. The Bertz CT molecular complexity index is 743. The maximum atomic E-state index is 5.73. The summed E-state index contributed by atoms with van der Waals surface area (Å²) in [6.45, 7) is 8.24. The number of fused-ring (bicyclic) bond motifs is 1. The molecular weight excluding hydrogens is 316 g/mol. The number of hydrogen-bond donors (Lipinski definition) is 0. The van der Waals surface area contributed by atoms with Crippen LogP contribution in [-0.4, -0.2) is 45.5 Å². The van der Waals surface area contributed by atoms with Crippen molar-refractivity contribution < 1.29 is 9.47 Å². The highest BCUT2D eigenvalue weighted by atomic mass is 16.6. The molecule has 25 heavy (non-hydrogen) atoms. The Balaban J connectivity index is 1.48. The number of ether oxygens (including phenoxy) is 2. The lowest BCUT2D eigenvalue weighted by Gasteiger charge is -2.36. The minimum atomic E-state index is 0.502. The molecule has 3 heterocycles. The number of likely N-dealkylation sites (tertiary alicyclic amines) is 1. The number of benzene rings is 1. The van der Waals surface area contributed by atoms with E-state index in [1.807, 2.05) is 19.9 Å². The third-order valence-electron chi connectivity index (χ3n) is 5.09. The molecule has 2 aliphatic rings. The molecule has 0 radical (unpaired) electrons. The third kappa shape index (κ3) is 3.63.